The molecule has 0 aliphatic rings. The number of aromatic nitrogens is 2. The number of hydrogen-bond donors (Lipinski definition) is 1. The standard InChI is InChI=1S/C8H8F3N3S/c1-5(15)14-4-6(2-3-12)7(13-14)8(9,10)11/h4-5,15H,2H2,1H3. The highest BCUT2D eigenvalue weighted by Gasteiger charge is 2.37. The van der Waals surface area contributed by atoms with Crippen molar-refractivity contribution in [3.05, 3.63) is 17.5 Å². The highest BCUT2D eigenvalue weighted by Crippen LogP contribution is 2.31. The van der Waals surface area contributed by atoms with Gasteiger partial charge in [0.25, 0.3) is 0 Å². The predicted octanol–water partition coefficient (Wildman–Crippen LogP) is 2.42. The summed E-state index contributed by atoms with van der Waals surface area (Å²) in [5, 5.41) is 11.3. The third kappa shape index (κ3) is 2.65. The summed E-state index contributed by atoms with van der Waals surface area (Å²) in [5.41, 5.74) is -1.13. The zero-order chi connectivity index (χ0) is 11.6. The van der Waals surface area contributed by atoms with Gasteiger partial charge in [-0.25, -0.2) is 0 Å². The van der Waals surface area contributed by atoms with Crippen LogP contribution in [-0.2, 0) is 12.6 Å². The molecule has 0 saturated carbocycles. The molecule has 3 nitrogen and oxygen atoms in total. The number of alkyl halides is 3. The van der Waals surface area contributed by atoms with E-state index in [1.807, 2.05) is 0 Å². The Bertz CT molecular complexity index is 389. The lowest BCUT2D eigenvalue weighted by Gasteiger charge is -2.04. The second kappa shape index (κ2) is 4.14. The Morgan fingerprint density at radius 3 is 2.67 bits per heavy atom. The molecule has 0 saturated heterocycles. The van der Waals surface area contributed by atoms with Crippen molar-refractivity contribution in [2.24, 2.45) is 0 Å². The van der Waals surface area contributed by atoms with Gasteiger partial charge in [-0.1, -0.05) is 0 Å². The summed E-state index contributed by atoms with van der Waals surface area (Å²) in [6.45, 7) is 1.59. The second-order valence-electron chi connectivity index (χ2n) is 2.95. The van der Waals surface area contributed by atoms with Crippen molar-refractivity contribution < 1.29 is 13.2 Å². The van der Waals surface area contributed by atoms with E-state index in [0.717, 1.165) is 4.68 Å². The van der Waals surface area contributed by atoms with Crippen molar-refractivity contribution in [1.29, 1.82) is 5.26 Å². The monoisotopic (exact) mass is 235 g/mol. The Morgan fingerprint density at radius 2 is 2.27 bits per heavy atom. The van der Waals surface area contributed by atoms with Crippen LogP contribution in [0.3, 0.4) is 0 Å². The number of halogens is 3. The van der Waals surface area contributed by atoms with Gasteiger partial charge in [0.15, 0.2) is 5.69 Å². The van der Waals surface area contributed by atoms with Crippen LogP contribution in [0.4, 0.5) is 13.2 Å². The summed E-state index contributed by atoms with van der Waals surface area (Å²) >= 11 is 3.96. The number of thiol groups is 1. The maximum atomic E-state index is 12.4. The number of nitrogens with zero attached hydrogens (tertiary/aromatic N) is 3. The summed E-state index contributed by atoms with van der Waals surface area (Å²) in [4.78, 5) is 0. The van der Waals surface area contributed by atoms with Crippen LogP contribution in [0.15, 0.2) is 6.20 Å². The topological polar surface area (TPSA) is 41.6 Å². The largest absolute Gasteiger partial charge is 0.435 e. The van der Waals surface area contributed by atoms with Crippen molar-refractivity contribution in [2.45, 2.75) is 24.9 Å². The smallest absolute Gasteiger partial charge is 0.259 e. The minimum Gasteiger partial charge on any atom is -0.259 e. The first-order valence-electron chi connectivity index (χ1n) is 4.06. The van der Waals surface area contributed by atoms with Crippen molar-refractivity contribution in [1.82, 2.24) is 9.78 Å². The molecule has 1 unspecified atom stereocenters. The van der Waals surface area contributed by atoms with Gasteiger partial charge in [0.2, 0.25) is 0 Å². The summed E-state index contributed by atoms with van der Waals surface area (Å²) in [6, 6.07) is 1.67. The molecule has 1 heterocycles. The fourth-order valence-corrected chi connectivity index (χ4v) is 1.19. The quantitative estimate of drug-likeness (QED) is 0.800. The van der Waals surface area contributed by atoms with Crippen LogP contribution >= 0.6 is 12.6 Å². The van der Waals surface area contributed by atoms with Gasteiger partial charge in [-0.2, -0.15) is 36.2 Å². The number of rotatable bonds is 2. The molecule has 0 radical (unpaired) electrons. The second-order valence-corrected chi connectivity index (χ2v) is 3.69. The van der Waals surface area contributed by atoms with Crippen LogP contribution in [0.25, 0.3) is 0 Å². The molecule has 1 aromatic rings. The Labute approximate surface area is 89.9 Å². The Morgan fingerprint density at radius 1 is 1.67 bits per heavy atom. The molecule has 0 spiro atoms. The van der Waals surface area contributed by atoms with Crippen molar-refractivity contribution in [2.75, 3.05) is 0 Å². The molecule has 1 atom stereocenters. The van der Waals surface area contributed by atoms with E-state index in [9.17, 15) is 13.2 Å². The van der Waals surface area contributed by atoms with E-state index in [0.29, 0.717) is 0 Å². The molecule has 82 valence electrons. The predicted molar refractivity (Wildman–Crippen MR) is 50.2 cm³/mol. The first kappa shape index (κ1) is 11.9. The summed E-state index contributed by atoms with van der Waals surface area (Å²) in [5.74, 6) is 0. The summed E-state index contributed by atoms with van der Waals surface area (Å²) in [6.07, 6.45) is -3.64. The van der Waals surface area contributed by atoms with Crippen LogP contribution < -0.4 is 0 Å². The molecule has 0 fully saturated rings. The maximum absolute atomic E-state index is 12.4. The lowest BCUT2D eigenvalue weighted by molar-refractivity contribution is -0.142. The minimum absolute atomic E-state index is 0.120. The Balaban J connectivity index is 3.19. The fourth-order valence-electron chi connectivity index (χ4n) is 1.07. The van der Waals surface area contributed by atoms with Gasteiger partial charge in [0, 0.05) is 11.8 Å². The van der Waals surface area contributed by atoms with Gasteiger partial charge >= 0.3 is 6.18 Å². The van der Waals surface area contributed by atoms with E-state index < -0.39 is 17.2 Å². The maximum Gasteiger partial charge on any atom is 0.435 e. The normalized spacial score (nSPS) is 13.6. The Hall–Kier alpha value is -1.16. The Kier molecular flexibility index (Phi) is 3.29. The number of hydrogen-bond acceptors (Lipinski definition) is 3. The lowest BCUT2D eigenvalue weighted by Crippen LogP contribution is -2.10. The van der Waals surface area contributed by atoms with Crippen molar-refractivity contribution >= 4 is 12.6 Å². The molecular formula is C8H8F3N3S. The van der Waals surface area contributed by atoms with Crippen LogP contribution in [0, 0.1) is 11.3 Å². The highest BCUT2D eigenvalue weighted by molar-refractivity contribution is 7.80. The average molecular weight is 235 g/mol. The zero-order valence-electron chi connectivity index (χ0n) is 7.78. The fraction of sp³-hybridized carbons (Fsp3) is 0.500. The molecule has 0 bridgehead atoms. The zero-order valence-corrected chi connectivity index (χ0v) is 8.68. The molecule has 0 aliphatic carbocycles. The summed E-state index contributed by atoms with van der Waals surface area (Å²) < 4.78 is 38.4. The first-order valence-corrected chi connectivity index (χ1v) is 4.58. The van der Waals surface area contributed by atoms with Crippen LogP contribution in [0.2, 0.25) is 0 Å². The van der Waals surface area contributed by atoms with Crippen LogP contribution in [0.5, 0.6) is 0 Å². The average Bonchev–Trinajstić information content (AvgIpc) is 2.48. The van der Waals surface area contributed by atoms with Crippen molar-refractivity contribution in [3.63, 3.8) is 0 Å². The molecule has 0 aliphatic heterocycles. The van der Waals surface area contributed by atoms with Gasteiger partial charge in [0.05, 0.1) is 17.9 Å². The minimum atomic E-state index is -4.53. The van der Waals surface area contributed by atoms with Gasteiger partial charge in [-0.3, -0.25) is 4.68 Å². The highest BCUT2D eigenvalue weighted by atomic mass is 32.1. The van der Waals surface area contributed by atoms with Gasteiger partial charge in [0.1, 0.15) is 0 Å². The van der Waals surface area contributed by atoms with E-state index in [-0.39, 0.29) is 12.0 Å². The van der Waals surface area contributed by atoms with E-state index in [1.54, 1.807) is 13.0 Å². The first-order chi connectivity index (χ1) is 6.86. The molecule has 7 heteroatoms. The van der Waals surface area contributed by atoms with Crippen LogP contribution in [0.1, 0.15) is 23.6 Å². The molecule has 1 rings (SSSR count). The van der Waals surface area contributed by atoms with Gasteiger partial charge in [-0.05, 0) is 6.92 Å². The molecule has 0 amide bonds. The molecule has 0 aromatic carbocycles. The van der Waals surface area contributed by atoms with Gasteiger partial charge < -0.3 is 0 Å². The van der Waals surface area contributed by atoms with E-state index in [1.165, 1.54) is 6.20 Å². The number of nitriles is 1. The van der Waals surface area contributed by atoms with E-state index >= 15 is 0 Å². The molecule has 0 N–H and O–H groups in total. The van der Waals surface area contributed by atoms with E-state index in [4.69, 9.17) is 5.26 Å². The SMILES string of the molecule is CC(S)n1cc(CC#N)c(C(F)(F)F)n1. The molecular weight excluding hydrogens is 227 g/mol. The lowest BCUT2D eigenvalue weighted by atomic mass is 10.2. The third-order valence-corrected chi connectivity index (χ3v) is 1.97. The van der Waals surface area contributed by atoms with E-state index in [2.05, 4.69) is 17.7 Å². The molecule has 15 heavy (non-hydrogen) atoms. The van der Waals surface area contributed by atoms with Crippen molar-refractivity contribution in [3.8, 4) is 6.07 Å². The molecule has 1 aromatic heterocycles. The third-order valence-electron chi connectivity index (χ3n) is 1.73. The summed E-state index contributed by atoms with van der Waals surface area (Å²) in [7, 11) is 0. The van der Waals surface area contributed by atoms with Gasteiger partial charge in [-0.15, -0.1) is 0 Å². The van der Waals surface area contributed by atoms with Crippen LogP contribution in [-0.4, -0.2) is 9.78 Å².